The Bertz CT molecular complexity index is 540. The van der Waals surface area contributed by atoms with E-state index in [2.05, 4.69) is 5.32 Å². The molecule has 0 bridgehead atoms. The lowest BCUT2D eigenvalue weighted by molar-refractivity contribution is -0.117. The van der Waals surface area contributed by atoms with Crippen LogP contribution in [0.15, 0.2) is 18.2 Å². The van der Waals surface area contributed by atoms with E-state index in [4.69, 9.17) is 11.6 Å². The smallest absolute Gasteiger partial charge is 0.253 e. The number of hydrogen-bond acceptors (Lipinski definition) is 2. The first kappa shape index (κ1) is 12.5. The molecule has 0 atom stereocenters. The highest BCUT2D eigenvalue weighted by Gasteiger charge is 2.29. The molecule has 1 aromatic rings. The van der Waals surface area contributed by atoms with E-state index in [9.17, 15) is 9.59 Å². The third-order valence-corrected chi connectivity index (χ3v) is 3.72. The number of nitrogens with one attached hydrogen (secondary N) is 1. The first-order chi connectivity index (χ1) is 9.15. The molecule has 0 radical (unpaired) electrons. The first-order valence-electron chi connectivity index (χ1n) is 6.56. The van der Waals surface area contributed by atoms with Crippen LogP contribution in [0, 0.1) is 0 Å². The first-order valence-corrected chi connectivity index (χ1v) is 6.94. The van der Waals surface area contributed by atoms with Gasteiger partial charge in [-0.2, -0.15) is 0 Å². The van der Waals surface area contributed by atoms with E-state index in [-0.39, 0.29) is 11.8 Å². The highest BCUT2D eigenvalue weighted by molar-refractivity contribution is 6.31. The van der Waals surface area contributed by atoms with Crippen LogP contribution in [0.4, 0.5) is 5.69 Å². The summed E-state index contributed by atoms with van der Waals surface area (Å²) in [6.07, 6.45) is 3.44. The summed E-state index contributed by atoms with van der Waals surface area (Å²) < 4.78 is 0. The van der Waals surface area contributed by atoms with Gasteiger partial charge in [-0.3, -0.25) is 9.59 Å². The molecule has 100 valence electrons. The molecular formula is C14H15ClN2O2. The molecule has 0 unspecified atom stereocenters. The number of anilines is 1. The third-order valence-electron chi connectivity index (χ3n) is 3.48. The van der Waals surface area contributed by atoms with E-state index in [1.807, 2.05) is 0 Å². The molecule has 1 aliphatic heterocycles. The minimum absolute atomic E-state index is 0.0581. The predicted octanol–water partition coefficient (Wildman–Crippen LogP) is 2.36. The Morgan fingerprint density at radius 2 is 2.16 bits per heavy atom. The summed E-state index contributed by atoms with van der Waals surface area (Å²) in [5.74, 6) is -0.0587. The van der Waals surface area contributed by atoms with Crippen LogP contribution < -0.4 is 10.2 Å². The highest BCUT2D eigenvalue weighted by Crippen LogP contribution is 2.29. The standard InChI is InChI=1S/C14H15ClN2O2/c15-9-3-6-11(14(19)16-10-4-5-10)12(8-9)17-7-1-2-13(17)18/h3,6,8,10H,1-2,4-5,7H2,(H,16,19). The van der Waals surface area contributed by atoms with Gasteiger partial charge in [0.25, 0.3) is 5.91 Å². The summed E-state index contributed by atoms with van der Waals surface area (Å²) in [4.78, 5) is 25.7. The zero-order valence-electron chi connectivity index (χ0n) is 10.5. The molecule has 19 heavy (non-hydrogen) atoms. The van der Waals surface area contributed by atoms with E-state index in [0.29, 0.717) is 35.3 Å². The molecule has 4 nitrogen and oxygen atoms in total. The lowest BCUT2D eigenvalue weighted by Gasteiger charge is -2.19. The minimum Gasteiger partial charge on any atom is -0.349 e. The third kappa shape index (κ3) is 2.59. The van der Waals surface area contributed by atoms with E-state index in [0.717, 1.165) is 19.3 Å². The number of carbonyl (C=O) groups excluding carboxylic acids is 2. The van der Waals surface area contributed by atoms with E-state index < -0.39 is 0 Å². The van der Waals surface area contributed by atoms with Crippen molar-refractivity contribution in [1.29, 1.82) is 0 Å². The van der Waals surface area contributed by atoms with Crippen molar-refractivity contribution in [3.63, 3.8) is 0 Å². The molecule has 1 heterocycles. The second-order valence-corrected chi connectivity index (χ2v) is 5.49. The van der Waals surface area contributed by atoms with Gasteiger partial charge in [-0.05, 0) is 37.5 Å². The van der Waals surface area contributed by atoms with Crippen molar-refractivity contribution in [3.05, 3.63) is 28.8 Å². The van der Waals surface area contributed by atoms with Gasteiger partial charge >= 0.3 is 0 Å². The van der Waals surface area contributed by atoms with E-state index in [1.165, 1.54) is 0 Å². The SMILES string of the molecule is O=C(NC1CC1)c1ccc(Cl)cc1N1CCCC1=O. The van der Waals surface area contributed by atoms with Gasteiger partial charge in [-0.1, -0.05) is 11.6 Å². The van der Waals surface area contributed by atoms with Gasteiger partial charge in [0, 0.05) is 24.0 Å². The lowest BCUT2D eigenvalue weighted by atomic mass is 10.1. The van der Waals surface area contributed by atoms with Crippen LogP contribution in [-0.4, -0.2) is 24.4 Å². The topological polar surface area (TPSA) is 49.4 Å². The maximum absolute atomic E-state index is 12.2. The van der Waals surface area contributed by atoms with Crippen molar-refractivity contribution in [2.45, 2.75) is 31.7 Å². The molecule has 1 saturated carbocycles. The van der Waals surface area contributed by atoms with Crippen LogP contribution in [0.2, 0.25) is 5.02 Å². The van der Waals surface area contributed by atoms with Crippen molar-refractivity contribution in [2.75, 3.05) is 11.4 Å². The van der Waals surface area contributed by atoms with Gasteiger partial charge in [-0.15, -0.1) is 0 Å². The molecule has 1 saturated heterocycles. The number of hydrogen-bond donors (Lipinski definition) is 1. The fourth-order valence-electron chi connectivity index (χ4n) is 2.31. The number of benzene rings is 1. The quantitative estimate of drug-likeness (QED) is 0.923. The molecular weight excluding hydrogens is 264 g/mol. The largest absolute Gasteiger partial charge is 0.349 e. The Labute approximate surface area is 116 Å². The highest BCUT2D eigenvalue weighted by atomic mass is 35.5. The van der Waals surface area contributed by atoms with Gasteiger partial charge < -0.3 is 10.2 Å². The van der Waals surface area contributed by atoms with E-state index in [1.54, 1.807) is 23.1 Å². The predicted molar refractivity (Wildman–Crippen MR) is 73.5 cm³/mol. The molecule has 3 rings (SSSR count). The molecule has 1 aliphatic carbocycles. The number of amides is 2. The maximum Gasteiger partial charge on any atom is 0.253 e. The normalized spacial score (nSPS) is 18.8. The Balaban J connectivity index is 1.93. The number of carbonyl (C=O) groups is 2. The molecule has 5 heteroatoms. The van der Waals surface area contributed by atoms with E-state index >= 15 is 0 Å². The Morgan fingerprint density at radius 3 is 2.79 bits per heavy atom. The van der Waals surface area contributed by atoms with Gasteiger partial charge in [0.15, 0.2) is 0 Å². The second-order valence-electron chi connectivity index (χ2n) is 5.06. The summed E-state index contributed by atoms with van der Waals surface area (Å²) >= 11 is 6.00. The molecule has 0 spiro atoms. The number of halogens is 1. The van der Waals surface area contributed by atoms with Crippen molar-refractivity contribution in [1.82, 2.24) is 5.32 Å². The Hall–Kier alpha value is -1.55. The summed E-state index contributed by atoms with van der Waals surface area (Å²) in [7, 11) is 0. The van der Waals surface area contributed by atoms with Crippen LogP contribution in [0.1, 0.15) is 36.0 Å². The summed E-state index contributed by atoms with van der Waals surface area (Å²) in [5, 5.41) is 3.49. The van der Waals surface area contributed by atoms with Crippen LogP contribution >= 0.6 is 11.6 Å². The second kappa shape index (κ2) is 4.85. The zero-order chi connectivity index (χ0) is 13.4. The van der Waals surface area contributed by atoms with Gasteiger partial charge in [0.2, 0.25) is 5.91 Å². The lowest BCUT2D eigenvalue weighted by Crippen LogP contribution is -2.30. The minimum atomic E-state index is -0.117. The average molecular weight is 279 g/mol. The van der Waals surface area contributed by atoms with Crippen LogP contribution in [0.5, 0.6) is 0 Å². The van der Waals surface area contributed by atoms with Crippen LogP contribution in [0.3, 0.4) is 0 Å². The van der Waals surface area contributed by atoms with Crippen molar-refractivity contribution in [2.24, 2.45) is 0 Å². The van der Waals surface area contributed by atoms with Crippen molar-refractivity contribution in [3.8, 4) is 0 Å². The van der Waals surface area contributed by atoms with Gasteiger partial charge in [0.1, 0.15) is 0 Å². The Morgan fingerprint density at radius 1 is 1.37 bits per heavy atom. The monoisotopic (exact) mass is 278 g/mol. The molecule has 2 amide bonds. The summed E-state index contributed by atoms with van der Waals surface area (Å²) in [6.45, 7) is 0.656. The molecule has 0 aromatic heterocycles. The summed E-state index contributed by atoms with van der Waals surface area (Å²) in [5.41, 5.74) is 1.17. The molecule has 2 fully saturated rings. The van der Waals surface area contributed by atoms with Crippen LogP contribution in [-0.2, 0) is 4.79 Å². The van der Waals surface area contributed by atoms with Crippen molar-refractivity contribution >= 4 is 29.1 Å². The zero-order valence-corrected chi connectivity index (χ0v) is 11.2. The average Bonchev–Trinajstić information content (AvgIpc) is 3.08. The maximum atomic E-state index is 12.2. The Kier molecular flexibility index (Phi) is 3.19. The van der Waals surface area contributed by atoms with Crippen molar-refractivity contribution < 1.29 is 9.59 Å². The molecule has 2 aliphatic rings. The number of rotatable bonds is 3. The fourth-order valence-corrected chi connectivity index (χ4v) is 2.48. The molecule has 1 aromatic carbocycles. The molecule has 1 N–H and O–H groups in total. The number of nitrogens with zero attached hydrogens (tertiary/aromatic N) is 1. The van der Waals surface area contributed by atoms with Gasteiger partial charge in [-0.25, -0.2) is 0 Å². The van der Waals surface area contributed by atoms with Gasteiger partial charge in [0.05, 0.1) is 11.3 Å². The van der Waals surface area contributed by atoms with Crippen LogP contribution in [0.25, 0.3) is 0 Å². The summed E-state index contributed by atoms with van der Waals surface area (Å²) in [6, 6.07) is 5.38. The fraction of sp³-hybridized carbons (Fsp3) is 0.429.